The minimum atomic E-state index is -0.757. The molecule has 0 radical (unpaired) electrons. The topological polar surface area (TPSA) is 69.6 Å². The average molecular weight is 831 g/mol. The summed E-state index contributed by atoms with van der Waals surface area (Å²) in [6, 6.07) is 32.5. The van der Waals surface area contributed by atoms with Crippen molar-refractivity contribution >= 4 is 79.1 Å². The van der Waals surface area contributed by atoms with Crippen molar-refractivity contribution in [1.29, 1.82) is 0 Å². The van der Waals surface area contributed by atoms with Gasteiger partial charge < -0.3 is 18.2 Å². The zero-order chi connectivity index (χ0) is 42.5. The molecule has 10 heteroatoms. The van der Waals surface area contributed by atoms with Crippen molar-refractivity contribution in [2.24, 2.45) is 0 Å². The van der Waals surface area contributed by atoms with Gasteiger partial charge in [0.15, 0.2) is 29.3 Å². The maximum atomic E-state index is 6.53. The van der Waals surface area contributed by atoms with Gasteiger partial charge in [-0.2, -0.15) is 0 Å². The fourth-order valence-electron chi connectivity index (χ4n) is 6.62. The van der Waals surface area contributed by atoms with Crippen LogP contribution < -0.4 is 4.90 Å². The van der Waals surface area contributed by atoms with Crippen LogP contribution in [0.2, 0.25) is 15.1 Å². The lowest BCUT2D eigenvalue weighted by Crippen LogP contribution is -2.28. The summed E-state index contributed by atoms with van der Waals surface area (Å²) in [5.74, 6) is 0. The second kappa shape index (κ2) is 16.0. The summed E-state index contributed by atoms with van der Waals surface area (Å²) in [5.41, 5.74) is 7.43. The monoisotopic (exact) mass is 830 g/mol. The Morgan fingerprint density at radius 2 is 0.621 bits per heavy atom. The van der Waals surface area contributed by atoms with E-state index in [-0.39, 0.29) is 15.1 Å². The number of pyridine rings is 3. The number of fused-ring (bicyclic) bond motifs is 3. The molecule has 0 aliphatic carbocycles. The molecule has 0 aliphatic heterocycles. The van der Waals surface area contributed by atoms with E-state index in [1.807, 2.05) is 0 Å². The first-order valence-electron chi connectivity index (χ1n) is 20.7. The SMILES string of the molecule is CC(C)(C)[SiH2]OC(C)(C)c1ccc2cc(N(c3ccc4nc(C(C)(C)O[SiH2]C(C)(C)C)ccc4c3)c3ccc4nc(C(C)(C)O[SiH2]C(C)(C)C)ccc4c3)ccc2n1. The molecule has 0 saturated carbocycles. The molecule has 0 N–H and O–H groups in total. The van der Waals surface area contributed by atoms with Gasteiger partial charge in [-0.25, -0.2) is 15.0 Å². The molecule has 0 unspecified atom stereocenters. The second-order valence-electron chi connectivity index (χ2n) is 21.1. The third-order valence-electron chi connectivity index (χ3n) is 10.2. The van der Waals surface area contributed by atoms with Crippen LogP contribution in [0, 0.1) is 0 Å². The van der Waals surface area contributed by atoms with E-state index in [1.165, 1.54) is 0 Å². The Bertz CT molecular complexity index is 2160. The third-order valence-corrected chi connectivity index (χ3v) is 15.4. The first kappa shape index (κ1) is 43.8. The van der Waals surface area contributed by atoms with Crippen molar-refractivity contribution in [1.82, 2.24) is 15.0 Å². The van der Waals surface area contributed by atoms with Crippen LogP contribution in [0.3, 0.4) is 0 Å². The summed E-state index contributed by atoms with van der Waals surface area (Å²) in [7, 11) is -2.27. The van der Waals surface area contributed by atoms with Gasteiger partial charge in [0.05, 0.1) is 50.4 Å². The lowest BCUT2D eigenvalue weighted by molar-refractivity contribution is 0.104. The van der Waals surface area contributed by atoms with E-state index in [0.29, 0.717) is 0 Å². The van der Waals surface area contributed by atoms with Crippen LogP contribution in [0.5, 0.6) is 0 Å². The predicted octanol–water partition coefficient (Wildman–Crippen LogP) is 11.5. The first-order chi connectivity index (χ1) is 26.8. The second-order valence-corrected chi connectivity index (χ2v) is 29.2. The number of hydrogen-bond donors (Lipinski definition) is 0. The molecular formula is C48H66N4O3Si3. The molecular weight excluding hydrogens is 765 g/mol. The Morgan fingerprint density at radius 1 is 0.362 bits per heavy atom. The van der Waals surface area contributed by atoms with E-state index in [0.717, 1.165) is 66.9 Å². The molecule has 0 atom stereocenters. The highest BCUT2D eigenvalue weighted by molar-refractivity contribution is 6.32. The highest BCUT2D eigenvalue weighted by Crippen LogP contribution is 2.40. The Kier molecular flexibility index (Phi) is 12.1. The van der Waals surface area contributed by atoms with Crippen molar-refractivity contribution in [3.05, 3.63) is 108 Å². The van der Waals surface area contributed by atoms with Crippen molar-refractivity contribution in [3.8, 4) is 0 Å². The molecule has 0 bridgehead atoms. The van der Waals surface area contributed by atoms with E-state index < -0.39 is 46.1 Å². The summed E-state index contributed by atoms with van der Waals surface area (Å²) >= 11 is 0. The van der Waals surface area contributed by atoms with E-state index in [2.05, 4.69) is 200 Å². The van der Waals surface area contributed by atoms with Crippen LogP contribution in [-0.4, -0.2) is 44.2 Å². The van der Waals surface area contributed by atoms with Gasteiger partial charge in [0.2, 0.25) is 0 Å². The molecule has 7 nitrogen and oxygen atoms in total. The van der Waals surface area contributed by atoms with Crippen molar-refractivity contribution in [3.63, 3.8) is 0 Å². The lowest BCUT2D eigenvalue weighted by atomic mass is 10.0. The Labute approximate surface area is 354 Å². The molecule has 3 aromatic carbocycles. The number of rotatable bonds is 12. The fourth-order valence-corrected chi connectivity index (χ4v) is 9.45. The normalized spacial score (nSPS) is 14.1. The smallest absolute Gasteiger partial charge is 0.168 e. The van der Waals surface area contributed by atoms with Crippen LogP contribution in [0.15, 0.2) is 91.0 Å². The van der Waals surface area contributed by atoms with E-state index in [4.69, 9.17) is 28.2 Å². The lowest BCUT2D eigenvalue weighted by Gasteiger charge is -2.30. The zero-order valence-corrected chi connectivity index (χ0v) is 42.0. The molecule has 3 heterocycles. The van der Waals surface area contributed by atoms with Crippen molar-refractivity contribution in [2.45, 2.75) is 136 Å². The highest BCUT2D eigenvalue weighted by atomic mass is 28.2. The maximum Gasteiger partial charge on any atom is 0.168 e. The summed E-state index contributed by atoms with van der Waals surface area (Å²) in [4.78, 5) is 17.7. The molecule has 0 spiro atoms. The molecule has 308 valence electrons. The van der Waals surface area contributed by atoms with Crippen LogP contribution in [0.25, 0.3) is 32.7 Å². The summed E-state index contributed by atoms with van der Waals surface area (Å²) < 4.78 is 19.6. The molecule has 3 aromatic heterocycles. The molecule has 6 aromatic rings. The highest BCUT2D eigenvalue weighted by Gasteiger charge is 2.29. The van der Waals surface area contributed by atoms with Crippen LogP contribution in [0.1, 0.15) is 121 Å². The molecule has 0 fully saturated rings. The summed E-state index contributed by atoms with van der Waals surface area (Å²) in [6.07, 6.45) is 0. The van der Waals surface area contributed by atoms with E-state index in [1.54, 1.807) is 0 Å². The molecule has 58 heavy (non-hydrogen) atoms. The van der Waals surface area contributed by atoms with Crippen molar-refractivity contribution in [2.75, 3.05) is 4.90 Å². The fraction of sp³-hybridized carbons (Fsp3) is 0.438. The van der Waals surface area contributed by atoms with Gasteiger partial charge in [0.1, 0.15) is 0 Å². The summed E-state index contributed by atoms with van der Waals surface area (Å²) in [6.45, 7) is 33.1. The van der Waals surface area contributed by atoms with Gasteiger partial charge >= 0.3 is 0 Å². The van der Waals surface area contributed by atoms with Gasteiger partial charge in [0.25, 0.3) is 0 Å². The molecule has 0 amide bonds. The third kappa shape index (κ3) is 10.7. The first-order valence-corrected chi connectivity index (χ1v) is 24.6. The van der Waals surface area contributed by atoms with Crippen LogP contribution in [0.4, 0.5) is 17.1 Å². The largest absolute Gasteiger partial charge is 0.413 e. The number of anilines is 3. The molecule has 0 aliphatic rings. The average Bonchev–Trinajstić information content (AvgIpc) is 3.14. The predicted molar refractivity (Wildman–Crippen MR) is 254 cm³/mol. The van der Waals surface area contributed by atoms with E-state index in [9.17, 15) is 0 Å². The quantitative estimate of drug-likeness (QED) is 0.114. The van der Waals surface area contributed by atoms with Crippen LogP contribution in [-0.2, 0) is 30.1 Å². The van der Waals surface area contributed by atoms with Crippen LogP contribution >= 0.6 is 0 Å². The minimum Gasteiger partial charge on any atom is -0.413 e. The minimum absolute atomic E-state index is 0.200. The molecule has 0 saturated heterocycles. The van der Waals surface area contributed by atoms with Crippen molar-refractivity contribution < 1.29 is 13.3 Å². The standard InChI is InChI=1S/C48H66N4O3Si3/c1-43(2,3)56-53-46(10,11)40-25-16-31-28-34(19-22-37(31)49-40)52(35-20-23-38-32(29-35)17-26-41(50-38)47(12,13)54-57-44(4,5)6)36-21-24-39-33(30-36)18-27-42(51-39)48(14,15)55-58-45(7,8)9/h16-30H,56-58H2,1-15H3. The number of benzene rings is 3. The zero-order valence-electron chi connectivity index (χ0n) is 37.8. The Balaban J connectivity index is 1.41. The number of nitrogens with zero attached hydrogens (tertiary/aromatic N) is 4. The number of hydrogen-bond acceptors (Lipinski definition) is 7. The maximum absolute atomic E-state index is 6.53. The van der Waals surface area contributed by atoms with Gasteiger partial charge in [-0.3, -0.25) is 0 Å². The Morgan fingerprint density at radius 3 is 0.862 bits per heavy atom. The van der Waals surface area contributed by atoms with Gasteiger partial charge in [-0.1, -0.05) is 80.5 Å². The Hall–Kier alpha value is -3.78. The van der Waals surface area contributed by atoms with Gasteiger partial charge in [0, 0.05) is 33.2 Å². The number of aromatic nitrogens is 3. The van der Waals surface area contributed by atoms with E-state index >= 15 is 0 Å². The van der Waals surface area contributed by atoms with Gasteiger partial charge in [-0.15, -0.1) is 0 Å². The van der Waals surface area contributed by atoms with Gasteiger partial charge in [-0.05, 0) is 129 Å². The molecule has 6 rings (SSSR count). The summed E-state index contributed by atoms with van der Waals surface area (Å²) in [5, 5.41) is 3.80.